The zero-order valence-electron chi connectivity index (χ0n) is 15.9. The molecule has 1 aliphatic rings. The molecule has 1 heterocycles. The number of hydrogen-bond acceptors (Lipinski definition) is 6. The molecule has 9 heteroatoms. The second-order valence-electron chi connectivity index (χ2n) is 6.70. The van der Waals surface area contributed by atoms with Crippen LogP contribution in [0.25, 0.3) is 0 Å². The quantitative estimate of drug-likeness (QED) is 0.562. The molecule has 0 radical (unpaired) electrons. The maximum Gasteiger partial charge on any atom is 0.341 e. The molecule has 0 aromatic heterocycles. The number of nitro benzene ring substituents is 1. The van der Waals surface area contributed by atoms with Gasteiger partial charge in [-0.05, 0) is 49.2 Å². The smallest absolute Gasteiger partial charge is 0.341 e. The van der Waals surface area contributed by atoms with E-state index in [0.717, 1.165) is 25.9 Å². The third-order valence-electron chi connectivity index (χ3n) is 4.76. The van der Waals surface area contributed by atoms with E-state index in [2.05, 4.69) is 0 Å². The molecule has 1 amide bonds. The van der Waals surface area contributed by atoms with Crippen molar-refractivity contribution < 1.29 is 24.4 Å². The van der Waals surface area contributed by atoms with E-state index in [0.29, 0.717) is 17.1 Å². The number of carbonyl (C=O) groups is 2. The highest BCUT2D eigenvalue weighted by molar-refractivity contribution is 6.06. The summed E-state index contributed by atoms with van der Waals surface area (Å²) in [5, 5.41) is 20.2. The molecule has 2 aromatic carbocycles. The number of carboxylic acids is 1. The second-order valence-corrected chi connectivity index (χ2v) is 6.70. The zero-order valence-corrected chi connectivity index (χ0v) is 15.9. The van der Waals surface area contributed by atoms with Crippen LogP contribution < -0.4 is 14.5 Å². The first kappa shape index (κ1) is 20.1. The summed E-state index contributed by atoms with van der Waals surface area (Å²) < 4.78 is 5.07. The van der Waals surface area contributed by atoms with Crippen LogP contribution in [0.3, 0.4) is 0 Å². The van der Waals surface area contributed by atoms with Gasteiger partial charge in [-0.2, -0.15) is 0 Å². The fourth-order valence-corrected chi connectivity index (χ4v) is 3.25. The van der Waals surface area contributed by atoms with Crippen molar-refractivity contribution >= 4 is 28.9 Å². The number of carboxylic acid groups (broad SMARTS) is 1. The lowest BCUT2D eigenvalue weighted by atomic mass is 10.1. The van der Waals surface area contributed by atoms with Crippen molar-refractivity contribution in [3.05, 3.63) is 58.1 Å². The fraction of sp³-hybridized carbons (Fsp3) is 0.300. The number of nitrogens with zero attached hydrogens (tertiary/aromatic N) is 3. The van der Waals surface area contributed by atoms with Gasteiger partial charge in [0, 0.05) is 37.5 Å². The maximum absolute atomic E-state index is 12.8. The molecule has 152 valence electrons. The normalized spacial score (nSPS) is 13.2. The van der Waals surface area contributed by atoms with E-state index >= 15 is 0 Å². The third-order valence-corrected chi connectivity index (χ3v) is 4.76. The molecule has 2 aromatic rings. The van der Waals surface area contributed by atoms with Gasteiger partial charge in [0.25, 0.3) is 11.6 Å². The summed E-state index contributed by atoms with van der Waals surface area (Å²) in [6.45, 7) is 1.08. The summed E-state index contributed by atoms with van der Waals surface area (Å²) in [7, 11) is 1.57. The minimum Gasteiger partial charge on any atom is -0.482 e. The summed E-state index contributed by atoms with van der Waals surface area (Å²) in [5.41, 5.74) is 1.22. The number of hydrogen-bond donors (Lipinski definition) is 1. The maximum atomic E-state index is 12.8. The molecule has 1 aliphatic heterocycles. The number of aliphatic carboxylic acids is 1. The number of amides is 1. The summed E-state index contributed by atoms with van der Waals surface area (Å²) in [5.74, 6) is -1.11. The Morgan fingerprint density at radius 3 is 2.41 bits per heavy atom. The van der Waals surface area contributed by atoms with E-state index in [1.165, 1.54) is 11.0 Å². The molecular formula is C20H21N3O6. The Labute approximate surface area is 167 Å². The Morgan fingerprint density at radius 1 is 1.17 bits per heavy atom. The van der Waals surface area contributed by atoms with Gasteiger partial charge in [0.05, 0.1) is 4.92 Å². The molecule has 0 atom stereocenters. The van der Waals surface area contributed by atoms with Gasteiger partial charge in [-0.25, -0.2) is 4.79 Å². The van der Waals surface area contributed by atoms with Crippen molar-refractivity contribution in [3.8, 4) is 5.75 Å². The molecule has 29 heavy (non-hydrogen) atoms. The third kappa shape index (κ3) is 4.63. The average Bonchev–Trinajstić information content (AvgIpc) is 3.25. The predicted octanol–water partition coefficient (Wildman–Crippen LogP) is 2.94. The summed E-state index contributed by atoms with van der Waals surface area (Å²) >= 11 is 0. The highest BCUT2D eigenvalue weighted by Crippen LogP contribution is 2.32. The van der Waals surface area contributed by atoms with E-state index in [1.54, 1.807) is 43.4 Å². The van der Waals surface area contributed by atoms with Crippen LogP contribution in [0.5, 0.6) is 5.75 Å². The molecule has 0 aliphatic carbocycles. The Morgan fingerprint density at radius 2 is 1.83 bits per heavy atom. The lowest BCUT2D eigenvalue weighted by molar-refractivity contribution is -0.384. The van der Waals surface area contributed by atoms with Gasteiger partial charge in [-0.1, -0.05) is 0 Å². The highest BCUT2D eigenvalue weighted by atomic mass is 16.6. The van der Waals surface area contributed by atoms with E-state index < -0.39 is 17.5 Å². The lowest BCUT2D eigenvalue weighted by Crippen LogP contribution is -2.26. The van der Waals surface area contributed by atoms with Crippen LogP contribution >= 0.6 is 0 Å². The van der Waals surface area contributed by atoms with Crippen LogP contribution in [0.15, 0.2) is 42.5 Å². The number of ether oxygens (including phenoxy) is 1. The van der Waals surface area contributed by atoms with E-state index in [1.807, 2.05) is 4.90 Å². The summed E-state index contributed by atoms with van der Waals surface area (Å²) in [6, 6.07) is 10.9. The van der Waals surface area contributed by atoms with Crippen LogP contribution in [0.4, 0.5) is 17.1 Å². The van der Waals surface area contributed by atoms with E-state index in [9.17, 15) is 19.7 Å². The SMILES string of the molecule is CN(C(=O)c1ccc(N2CCCC2)c([N+](=O)[O-])c1)c1ccc(OCC(=O)O)cc1. The van der Waals surface area contributed by atoms with Crippen LogP contribution in [-0.2, 0) is 4.79 Å². The molecule has 1 saturated heterocycles. The van der Waals surface area contributed by atoms with Crippen molar-refractivity contribution in [2.24, 2.45) is 0 Å². The molecule has 1 fully saturated rings. The van der Waals surface area contributed by atoms with Crippen LogP contribution in [0.2, 0.25) is 0 Å². The molecule has 0 bridgehead atoms. The van der Waals surface area contributed by atoms with Crippen molar-refractivity contribution in [3.63, 3.8) is 0 Å². The fourth-order valence-electron chi connectivity index (χ4n) is 3.25. The Hall–Kier alpha value is -3.62. The predicted molar refractivity (Wildman–Crippen MR) is 107 cm³/mol. The minimum absolute atomic E-state index is 0.0800. The van der Waals surface area contributed by atoms with Gasteiger partial charge in [0.2, 0.25) is 0 Å². The molecule has 9 nitrogen and oxygen atoms in total. The first-order valence-corrected chi connectivity index (χ1v) is 9.13. The van der Waals surface area contributed by atoms with Crippen LogP contribution in [0, 0.1) is 10.1 Å². The van der Waals surface area contributed by atoms with Crippen molar-refractivity contribution in [2.45, 2.75) is 12.8 Å². The number of nitro groups is 1. The Bertz CT molecular complexity index is 922. The number of benzene rings is 2. The Balaban J connectivity index is 1.79. The highest BCUT2D eigenvalue weighted by Gasteiger charge is 2.25. The number of rotatable bonds is 7. The second kappa shape index (κ2) is 8.59. The molecular weight excluding hydrogens is 378 g/mol. The van der Waals surface area contributed by atoms with Gasteiger partial charge >= 0.3 is 5.97 Å². The molecule has 3 rings (SSSR count). The number of anilines is 2. The van der Waals surface area contributed by atoms with Gasteiger partial charge < -0.3 is 19.6 Å². The zero-order chi connectivity index (χ0) is 21.0. The van der Waals surface area contributed by atoms with Crippen LogP contribution in [-0.4, -0.2) is 48.7 Å². The summed E-state index contributed by atoms with van der Waals surface area (Å²) in [6.07, 6.45) is 1.99. The first-order valence-electron chi connectivity index (χ1n) is 9.13. The van der Waals surface area contributed by atoms with E-state index in [4.69, 9.17) is 9.84 Å². The van der Waals surface area contributed by atoms with Gasteiger partial charge in [-0.3, -0.25) is 14.9 Å². The standard InChI is InChI=1S/C20H21N3O6/c1-21(15-5-7-16(8-6-15)29-13-19(24)25)20(26)14-4-9-17(18(12-14)23(27)28)22-10-2-3-11-22/h4-9,12H,2-3,10-11,13H2,1H3,(H,24,25). The largest absolute Gasteiger partial charge is 0.482 e. The van der Waals surface area contributed by atoms with E-state index in [-0.39, 0.29) is 17.2 Å². The first-order chi connectivity index (χ1) is 13.9. The van der Waals surface area contributed by atoms with Crippen molar-refractivity contribution in [1.82, 2.24) is 0 Å². The number of carbonyl (C=O) groups excluding carboxylic acids is 1. The van der Waals surface area contributed by atoms with Gasteiger partial charge in [-0.15, -0.1) is 0 Å². The van der Waals surface area contributed by atoms with Crippen LogP contribution in [0.1, 0.15) is 23.2 Å². The Kier molecular flexibility index (Phi) is 5.96. The average molecular weight is 399 g/mol. The summed E-state index contributed by atoms with van der Waals surface area (Å²) in [4.78, 5) is 37.8. The van der Waals surface area contributed by atoms with Crippen molar-refractivity contribution in [2.75, 3.05) is 36.5 Å². The molecule has 0 unspecified atom stereocenters. The molecule has 1 N–H and O–H groups in total. The van der Waals surface area contributed by atoms with Crippen molar-refractivity contribution in [1.29, 1.82) is 0 Å². The molecule has 0 spiro atoms. The monoisotopic (exact) mass is 399 g/mol. The van der Waals surface area contributed by atoms with Gasteiger partial charge in [0.15, 0.2) is 6.61 Å². The van der Waals surface area contributed by atoms with Gasteiger partial charge in [0.1, 0.15) is 11.4 Å². The topological polar surface area (TPSA) is 113 Å². The lowest BCUT2D eigenvalue weighted by Gasteiger charge is -2.20. The molecule has 0 saturated carbocycles. The minimum atomic E-state index is -1.08.